The molecule has 0 bridgehead atoms. The summed E-state index contributed by atoms with van der Waals surface area (Å²) >= 11 is 9.75. The summed E-state index contributed by atoms with van der Waals surface area (Å²) in [7, 11) is 1.61. The molecule has 0 spiro atoms. The third-order valence-electron chi connectivity index (χ3n) is 5.94. The van der Waals surface area contributed by atoms with Crippen LogP contribution in [-0.2, 0) is 6.54 Å². The van der Waals surface area contributed by atoms with Crippen LogP contribution >= 0.6 is 27.5 Å². The molecule has 5 rings (SSSR count). The van der Waals surface area contributed by atoms with E-state index < -0.39 is 6.04 Å². The molecule has 1 aliphatic rings. The number of carbonyl (C=O) groups is 1. The number of carbonyl (C=O) groups excluding carboxylic acids is 1. The number of ether oxygens (including phenoxy) is 1. The highest BCUT2D eigenvalue weighted by atomic mass is 79.9. The number of fused-ring (bicyclic) bond motifs is 2. The van der Waals surface area contributed by atoms with Crippen molar-refractivity contribution in [2.24, 2.45) is 0 Å². The number of methoxy groups -OCH3 is 1. The Labute approximate surface area is 203 Å². The van der Waals surface area contributed by atoms with Crippen molar-refractivity contribution in [2.75, 3.05) is 7.11 Å². The number of hydrogen-bond donors (Lipinski definition) is 0. The number of halogens is 2. The average molecular weight is 525 g/mol. The Morgan fingerprint density at radius 2 is 1.76 bits per heavy atom. The van der Waals surface area contributed by atoms with Crippen LogP contribution in [0.3, 0.4) is 0 Å². The fourth-order valence-corrected chi connectivity index (χ4v) is 4.65. The maximum absolute atomic E-state index is 13.6. The standard InChI is InChI=1S/C26H19BrClNO4/c1-14-11-21-19(12-20(14)28)24(30)22-23(16-5-7-17(27)8-6-16)29(26(31)25(22)33-21)13-15-3-9-18(32-2)10-4-15/h3-12,23H,13H2,1-2H3. The van der Waals surface area contributed by atoms with Gasteiger partial charge in [-0.05, 0) is 60.0 Å². The summed E-state index contributed by atoms with van der Waals surface area (Å²) in [6.45, 7) is 2.14. The molecule has 33 heavy (non-hydrogen) atoms. The van der Waals surface area contributed by atoms with Crippen molar-refractivity contribution < 1.29 is 13.9 Å². The Kier molecular flexibility index (Phi) is 5.51. The molecule has 3 aromatic carbocycles. The molecule has 0 saturated carbocycles. The van der Waals surface area contributed by atoms with E-state index in [1.807, 2.05) is 55.5 Å². The molecule has 1 atom stereocenters. The Bertz CT molecular complexity index is 1440. The molecule has 4 aromatic rings. The number of rotatable bonds is 4. The molecule has 1 aliphatic heterocycles. The summed E-state index contributed by atoms with van der Waals surface area (Å²) in [6.07, 6.45) is 0. The molecule has 1 unspecified atom stereocenters. The highest BCUT2D eigenvalue weighted by molar-refractivity contribution is 9.10. The van der Waals surface area contributed by atoms with E-state index >= 15 is 0 Å². The molecule has 1 aromatic heterocycles. The van der Waals surface area contributed by atoms with E-state index in [0.29, 0.717) is 28.1 Å². The molecule has 0 saturated heterocycles. The average Bonchev–Trinajstić information content (AvgIpc) is 3.08. The summed E-state index contributed by atoms with van der Waals surface area (Å²) < 4.78 is 12.2. The molecular weight excluding hydrogens is 506 g/mol. The lowest BCUT2D eigenvalue weighted by Gasteiger charge is -2.25. The van der Waals surface area contributed by atoms with Gasteiger partial charge >= 0.3 is 0 Å². The zero-order chi connectivity index (χ0) is 23.3. The first-order chi connectivity index (χ1) is 15.9. The van der Waals surface area contributed by atoms with Gasteiger partial charge in [-0.3, -0.25) is 9.59 Å². The van der Waals surface area contributed by atoms with Gasteiger partial charge in [-0.2, -0.15) is 0 Å². The molecule has 0 radical (unpaired) electrons. The largest absolute Gasteiger partial charge is 0.497 e. The van der Waals surface area contributed by atoms with Crippen LogP contribution in [0.2, 0.25) is 5.02 Å². The summed E-state index contributed by atoms with van der Waals surface area (Å²) in [5.41, 5.74) is 2.96. The minimum Gasteiger partial charge on any atom is -0.497 e. The number of amides is 1. The summed E-state index contributed by atoms with van der Waals surface area (Å²) in [6, 6.07) is 17.8. The highest BCUT2D eigenvalue weighted by Gasteiger charge is 2.42. The first-order valence-corrected chi connectivity index (χ1v) is 11.5. The maximum atomic E-state index is 13.6. The molecule has 2 heterocycles. The predicted molar refractivity (Wildman–Crippen MR) is 131 cm³/mol. The Morgan fingerprint density at radius 1 is 1.06 bits per heavy atom. The van der Waals surface area contributed by atoms with Crippen LogP contribution in [0, 0.1) is 6.92 Å². The van der Waals surface area contributed by atoms with Gasteiger partial charge in [0, 0.05) is 16.0 Å². The van der Waals surface area contributed by atoms with Crippen LogP contribution in [0.5, 0.6) is 5.75 Å². The van der Waals surface area contributed by atoms with E-state index in [-0.39, 0.29) is 17.1 Å². The van der Waals surface area contributed by atoms with Crippen LogP contribution in [-0.4, -0.2) is 17.9 Å². The fourth-order valence-electron chi connectivity index (χ4n) is 4.22. The molecule has 166 valence electrons. The predicted octanol–water partition coefficient (Wildman–Crippen LogP) is 6.27. The van der Waals surface area contributed by atoms with Gasteiger partial charge in [-0.25, -0.2) is 0 Å². The molecule has 0 fully saturated rings. The van der Waals surface area contributed by atoms with Gasteiger partial charge in [0.1, 0.15) is 11.3 Å². The van der Waals surface area contributed by atoms with Crippen molar-refractivity contribution in [1.82, 2.24) is 4.90 Å². The lowest BCUT2D eigenvalue weighted by molar-refractivity contribution is 0.0714. The van der Waals surface area contributed by atoms with Gasteiger partial charge in [0.05, 0.1) is 24.1 Å². The van der Waals surface area contributed by atoms with Crippen LogP contribution in [0.4, 0.5) is 0 Å². The number of hydrogen-bond acceptors (Lipinski definition) is 4. The molecule has 1 amide bonds. The lowest BCUT2D eigenvalue weighted by atomic mass is 9.98. The van der Waals surface area contributed by atoms with Crippen LogP contribution < -0.4 is 10.2 Å². The SMILES string of the molecule is COc1ccc(CN2C(=O)c3oc4cc(C)c(Cl)cc4c(=O)c3C2c2ccc(Br)cc2)cc1. The van der Waals surface area contributed by atoms with Gasteiger partial charge in [-0.1, -0.05) is 51.8 Å². The van der Waals surface area contributed by atoms with E-state index in [9.17, 15) is 9.59 Å². The van der Waals surface area contributed by atoms with Gasteiger partial charge in [0.15, 0.2) is 5.43 Å². The van der Waals surface area contributed by atoms with Crippen LogP contribution in [0.15, 0.2) is 74.3 Å². The van der Waals surface area contributed by atoms with E-state index in [0.717, 1.165) is 26.9 Å². The molecule has 5 nitrogen and oxygen atoms in total. The quantitative estimate of drug-likeness (QED) is 0.316. The summed E-state index contributed by atoms with van der Waals surface area (Å²) in [5, 5.41) is 0.847. The third kappa shape index (κ3) is 3.73. The highest BCUT2D eigenvalue weighted by Crippen LogP contribution is 2.40. The normalized spacial score (nSPS) is 15.2. The van der Waals surface area contributed by atoms with Gasteiger partial charge in [0.2, 0.25) is 5.76 Å². The van der Waals surface area contributed by atoms with E-state index in [2.05, 4.69) is 15.9 Å². The fraction of sp³-hybridized carbons (Fsp3) is 0.154. The third-order valence-corrected chi connectivity index (χ3v) is 6.88. The molecule has 0 N–H and O–H groups in total. The second-order valence-electron chi connectivity index (χ2n) is 8.01. The van der Waals surface area contributed by atoms with Crippen molar-refractivity contribution in [3.05, 3.63) is 108 Å². The Balaban J connectivity index is 1.70. The molecule has 7 heteroatoms. The van der Waals surface area contributed by atoms with Gasteiger partial charge < -0.3 is 14.1 Å². The minimum absolute atomic E-state index is 0.0793. The van der Waals surface area contributed by atoms with Crippen molar-refractivity contribution in [3.63, 3.8) is 0 Å². The number of aryl methyl sites for hydroxylation is 1. The van der Waals surface area contributed by atoms with E-state index in [1.54, 1.807) is 24.1 Å². The lowest BCUT2D eigenvalue weighted by Crippen LogP contribution is -2.29. The van der Waals surface area contributed by atoms with Crippen LogP contribution in [0.25, 0.3) is 11.0 Å². The van der Waals surface area contributed by atoms with Crippen molar-refractivity contribution >= 4 is 44.4 Å². The van der Waals surface area contributed by atoms with Gasteiger partial charge in [-0.15, -0.1) is 0 Å². The van der Waals surface area contributed by atoms with Crippen molar-refractivity contribution in [3.8, 4) is 5.75 Å². The first-order valence-electron chi connectivity index (χ1n) is 10.3. The van der Waals surface area contributed by atoms with Crippen molar-refractivity contribution in [1.29, 1.82) is 0 Å². The second-order valence-corrected chi connectivity index (χ2v) is 9.33. The van der Waals surface area contributed by atoms with Crippen LogP contribution in [0.1, 0.15) is 38.9 Å². The Hall–Kier alpha value is -3.09. The zero-order valence-corrected chi connectivity index (χ0v) is 20.2. The van der Waals surface area contributed by atoms with Gasteiger partial charge in [0.25, 0.3) is 5.91 Å². The maximum Gasteiger partial charge on any atom is 0.291 e. The molecule has 0 aliphatic carbocycles. The molecular formula is C26H19BrClNO4. The smallest absolute Gasteiger partial charge is 0.291 e. The van der Waals surface area contributed by atoms with E-state index in [1.165, 1.54) is 0 Å². The monoisotopic (exact) mass is 523 g/mol. The summed E-state index contributed by atoms with van der Waals surface area (Å²) in [4.78, 5) is 28.9. The summed E-state index contributed by atoms with van der Waals surface area (Å²) in [5.74, 6) is 0.491. The Morgan fingerprint density at radius 3 is 2.42 bits per heavy atom. The second kappa shape index (κ2) is 8.36. The first kappa shape index (κ1) is 21.7. The van der Waals surface area contributed by atoms with Crippen molar-refractivity contribution in [2.45, 2.75) is 19.5 Å². The topological polar surface area (TPSA) is 59.8 Å². The minimum atomic E-state index is -0.580. The zero-order valence-electron chi connectivity index (χ0n) is 17.9. The number of nitrogens with zero attached hydrogens (tertiary/aromatic N) is 1. The number of benzene rings is 3. The van der Waals surface area contributed by atoms with E-state index in [4.69, 9.17) is 20.8 Å².